The monoisotopic (exact) mass is 373 g/mol. The van der Waals surface area contributed by atoms with Crippen LogP contribution >= 0.6 is 0 Å². The van der Waals surface area contributed by atoms with E-state index in [9.17, 15) is 9.59 Å². The van der Waals surface area contributed by atoms with Gasteiger partial charge in [0.2, 0.25) is 5.91 Å². The van der Waals surface area contributed by atoms with Crippen LogP contribution in [-0.2, 0) is 4.79 Å². The highest BCUT2D eigenvalue weighted by Gasteiger charge is 2.32. The van der Waals surface area contributed by atoms with Gasteiger partial charge in [-0.25, -0.2) is 4.79 Å². The van der Waals surface area contributed by atoms with E-state index >= 15 is 0 Å². The highest BCUT2D eigenvalue weighted by atomic mass is 16.2. The lowest BCUT2D eigenvalue weighted by Crippen LogP contribution is -2.49. The molecule has 1 aromatic rings. The molecule has 1 unspecified atom stereocenters. The Hall–Kier alpha value is -2.04. The number of likely N-dealkylation sites (tertiary alicyclic amines) is 1. The van der Waals surface area contributed by atoms with Gasteiger partial charge >= 0.3 is 6.03 Å². The summed E-state index contributed by atoms with van der Waals surface area (Å²) in [4.78, 5) is 29.5. The predicted octanol–water partition coefficient (Wildman–Crippen LogP) is 4.67. The lowest BCUT2D eigenvalue weighted by molar-refractivity contribution is -0.138. The molecule has 27 heavy (non-hydrogen) atoms. The van der Waals surface area contributed by atoms with Crippen molar-refractivity contribution in [1.82, 2.24) is 9.80 Å². The number of carbonyl (C=O) groups is 2. The third kappa shape index (κ3) is 6.26. The van der Waals surface area contributed by atoms with Gasteiger partial charge in [-0.05, 0) is 57.7 Å². The van der Waals surface area contributed by atoms with Crippen molar-refractivity contribution in [3.05, 3.63) is 29.8 Å². The molecule has 150 valence electrons. The van der Waals surface area contributed by atoms with Gasteiger partial charge < -0.3 is 15.1 Å². The zero-order valence-corrected chi connectivity index (χ0v) is 17.3. The topological polar surface area (TPSA) is 52.7 Å². The maximum atomic E-state index is 13.1. The Kier molecular flexibility index (Phi) is 8.14. The van der Waals surface area contributed by atoms with Crippen LogP contribution in [0, 0.1) is 12.8 Å². The predicted molar refractivity (Wildman–Crippen MR) is 111 cm³/mol. The summed E-state index contributed by atoms with van der Waals surface area (Å²) in [7, 11) is 0. The molecule has 1 aliphatic rings. The van der Waals surface area contributed by atoms with Gasteiger partial charge in [-0.15, -0.1) is 0 Å². The first kappa shape index (κ1) is 21.3. The van der Waals surface area contributed by atoms with Gasteiger partial charge in [0, 0.05) is 31.4 Å². The normalized spacial score (nSPS) is 17.1. The fraction of sp³-hybridized carbons (Fsp3) is 0.636. The molecule has 0 spiro atoms. The van der Waals surface area contributed by atoms with Crippen molar-refractivity contribution in [3.63, 3.8) is 0 Å². The molecule has 5 heteroatoms. The van der Waals surface area contributed by atoms with E-state index in [0.29, 0.717) is 13.1 Å². The molecule has 1 fully saturated rings. The maximum Gasteiger partial charge on any atom is 0.321 e. The third-order valence-corrected chi connectivity index (χ3v) is 5.24. The molecule has 0 saturated carbocycles. The fourth-order valence-electron chi connectivity index (χ4n) is 3.68. The van der Waals surface area contributed by atoms with Crippen molar-refractivity contribution in [3.8, 4) is 0 Å². The number of carbonyl (C=O) groups excluding carboxylic acids is 2. The summed E-state index contributed by atoms with van der Waals surface area (Å²) < 4.78 is 0. The number of rotatable bonds is 7. The summed E-state index contributed by atoms with van der Waals surface area (Å²) in [5.41, 5.74) is 1.91. The molecule has 5 nitrogen and oxygen atoms in total. The Bertz CT molecular complexity index is 630. The number of piperidine rings is 1. The van der Waals surface area contributed by atoms with Crippen molar-refractivity contribution >= 4 is 17.6 Å². The zero-order valence-electron chi connectivity index (χ0n) is 17.3. The summed E-state index contributed by atoms with van der Waals surface area (Å²) in [5, 5.41) is 2.97. The van der Waals surface area contributed by atoms with Crippen molar-refractivity contribution in [2.75, 3.05) is 25.0 Å². The number of urea groups is 1. The lowest BCUT2D eigenvalue weighted by atomic mass is 9.96. The van der Waals surface area contributed by atoms with Crippen LogP contribution in [0.2, 0.25) is 0 Å². The molecule has 1 N–H and O–H groups in total. The van der Waals surface area contributed by atoms with Gasteiger partial charge in [-0.2, -0.15) is 0 Å². The minimum Gasteiger partial charge on any atom is -0.340 e. The Morgan fingerprint density at radius 1 is 1.30 bits per heavy atom. The number of aryl methyl sites for hydroxylation is 1. The minimum atomic E-state index is -0.111. The van der Waals surface area contributed by atoms with E-state index in [1.807, 2.05) is 36.1 Å². The van der Waals surface area contributed by atoms with Gasteiger partial charge in [0.25, 0.3) is 0 Å². The zero-order chi connectivity index (χ0) is 19.8. The van der Waals surface area contributed by atoms with E-state index < -0.39 is 0 Å². The van der Waals surface area contributed by atoms with E-state index in [4.69, 9.17) is 0 Å². The van der Waals surface area contributed by atoms with Crippen LogP contribution in [0.25, 0.3) is 0 Å². The van der Waals surface area contributed by atoms with E-state index in [1.165, 1.54) is 0 Å². The summed E-state index contributed by atoms with van der Waals surface area (Å²) in [6.45, 7) is 10.4. The van der Waals surface area contributed by atoms with Crippen molar-refractivity contribution < 1.29 is 9.59 Å². The lowest BCUT2D eigenvalue weighted by Gasteiger charge is -2.36. The number of nitrogens with one attached hydrogen (secondary N) is 1. The van der Waals surface area contributed by atoms with Crippen LogP contribution in [0.15, 0.2) is 24.3 Å². The second kappa shape index (κ2) is 10.3. The average Bonchev–Trinajstić information content (AvgIpc) is 2.64. The summed E-state index contributed by atoms with van der Waals surface area (Å²) in [5.74, 6) is 0.111. The molecular weight excluding hydrogens is 338 g/mol. The van der Waals surface area contributed by atoms with Crippen LogP contribution in [-0.4, -0.2) is 47.4 Å². The first-order valence-corrected chi connectivity index (χ1v) is 10.4. The number of hydrogen-bond donors (Lipinski definition) is 1. The fourth-order valence-corrected chi connectivity index (χ4v) is 3.68. The molecule has 1 aromatic carbocycles. The summed E-state index contributed by atoms with van der Waals surface area (Å²) in [6.07, 6.45) is 5.08. The third-order valence-electron chi connectivity index (χ3n) is 5.24. The van der Waals surface area contributed by atoms with E-state index in [-0.39, 0.29) is 23.9 Å². The number of hydrogen-bond acceptors (Lipinski definition) is 2. The van der Waals surface area contributed by atoms with Gasteiger partial charge in [0.15, 0.2) is 0 Å². The van der Waals surface area contributed by atoms with Gasteiger partial charge in [0.05, 0.1) is 5.92 Å². The SMILES string of the molecule is CCCCCN(C(=O)C1CCCN(C(=O)Nc2cccc(C)c2)C1)C(C)C. The average molecular weight is 374 g/mol. The second-order valence-corrected chi connectivity index (χ2v) is 7.92. The molecule has 1 atom stereocenters. The summed E-state index contributed by atoms with van der Waals surface area (Å²) in [6, 6.07) is 7.88. The van der Waals surface area contributed by atoms with Gasteiger partial charge in [0.1, 0.15) is 0 Å². The molecular formula is C22H35N3O2. The number of benzene rings is 1. The van der Waals surface area contributed by atoms with E-state index in [1.54, 1.807) is 4.90 Å². The minimum absolute atomic E-state index is 0.0916. The second-order valence-electron chi connectivity index (χ2n) is 7.92. The van der Waals surface area contributed by atoms with Crippen LogP contribution < -0.4 is 5.32 Å². The molecule has 1 heterocycles. The molecule has 3 amide bonds. The molecule has 2 rings (SSSR count). The largest absolute Gasteiger partial charge is 0.340 e. The first-order chi connectivity index (χ1) is 12.9. The number of amides is 3. The van der Waals surface area contributed by atoms with Crippen LogP contribution in [0.3, 0.4) is 0 Å². The number of anilines is 1. The number of nitrogens with zero attached hydrogens (tertiary/aromatic N) is 2. The Balaban J connectivity index is 1.96. The quantitative estimate of drug-likeness (QED) is 0.706. The standard InChI is InChI=1S/C22H35N3O2/c1-5-6-7-14-25(17(2)3)21(26)19-11-9-13-24(16-19)22(27)23-20-12-8-10-18(4)15-20/h8,10,12,15,17,19H,5-7,9,11,13-14,16H2,1-4H3,(H,23,27). The molecule has 0 bridgehead atoms. The first-order valence-electron chi connectivity index (χ1n) is 10.4. The Morgan fingerprint density at radius 2 is 2.07 bits per heavy atom. The smallest absolute Gasteiger partial charge is 0.321 e. The molecule has 1 saturated heterocycles. The molecule has 0 radical (unpaired) electrons. The van der Waals surface area contributed by atoms with Crippen LogP contribution in [0.1, 0.15) is 58.4 Å². The van der Waals surface area contributed by atoms with Crippen molar-refractivity contribution in [1.29, 1.82) is 0 Å². The van der Waals surface area contributed by atoms with Crippen LogP contribution in [0.4, 0.5) is 10.5 Å². The Morgan fingerprint density at radius 3 is 2.74 bits per heavy atom. The Labute approximate surface area is 164 Å². The van der Waals surface area contributed by atoms with Gasteiger partial charge in [-0.1, -0.05) is 31.9 Å². The highest BCUT2D eigenvalue weighted by molar-refractivity contribution is 5.90. The van der Waals surface area contributed by atoms with Crippen molar-refractivity contribution in [2.45, 2.75) is 65.8 Å². The van der Waals surface area contributed by atoms with E-state index in [0.717, 1.165) is 49.9 Å². The number of unbranched alkanes of at least 4 members (excludes halogenated alkanes) is 2. The molecule has 1 aliphatic heterocycles. The van der Waals surface area contributed by atoms with Gasteiger partial charge in [-0.3, -0.25) is 4.79 Å². The maximum absolute atomic E-state index is 13.1. The molecule has 0 aliphatic carbocycles. The molecule has 0 aromatic heterocycles. The van der Waals surface area contributed by atoms with Crippen LogP contribution in [0.5, 0.6) is 0 Å². The summed E-state index contributed by atoms with van der Waals surface area (Å²) >= 11 is 0. The highest BCUT2D eigenvalue weighted by Crippen LogP contribution is 2.22. The van der Waals surface area contributed by atoms with Crippen molar-refractivity contribution in [2.24, 2.45) is 5.92 Å². The van der Waals surface area contributed by atoms with E-state index in [2.05, 4.69) is 26.1 Å².